The van der Waals surface area contributed by atoms with Crippen LogP contribution in [0.25, 0.3) is 0 Å². The van der Waals surface area contributed by atoms with Gasteiger partial charge in [-0.1, -0.05) is 6.92 Å². The highest BCUT2D eigenvalue weighted by atomic mass is 16.2. The van der Waals surface area contributed by atoms with Gasteiger partial charge in [0.2, 0.25) is 5.91 Å². The van der Waals surface area contributed by atoms with E-state index in [-0.39, 0.29) is 18.4 Å². The number of benzene rings is 1. The molecule has 0 aliphatic rings. The molecule has 21 heavy (non-hydrogen) atoms. The van der Waals surface area contributed by atoms with Crippen LogP contribution >= 0.6 is 0 Å². The lowest BCUT2D eigenvalue weighted by molar-refractivity contribution is -0.120. The topological polar surface area (TPSA) is 99.3 Å². The molecule has 1 aromatic rings. The van der Waals surface area contributed by atoms with E-state index < -0.39 is 6.03 Å². The van der Waals surface area contributed by atoms with Gasteiger partial charge in [-0.3, -0.25) is 9.59 Å². The van der Waals surface area contributed by atoms with E-state index in [1.165, 1.54) is 0 Å². The summed E-state index contributed by atoms with van der Waals surface area (Å²) < 4.78 is 0. The molecule has 0 spiro atoms. The summed E-state index contributed by atoms with van der Waals surface area (Å²) in [7, 11) is 1.55. The average Bonchev–Trinajstić information content (AvgIpc) is 2.50. The van der Waals surface area contributed by atoms with Crippen molar-refractivity contribution in [3.63, 3.8) is 0 Å². The van der Waals surface area contributed by atoms with Crippen molar-refractivity contribution in [2.24, 2.45) is 0 Å². The molecule has 0 radical (unpaired) electrons. The minimum atomic E-state index is -0.477. The minimum Gasteiger partial charge on any atom is -0.355 e. The SMILES string of the molecule is CCCNC(=O)CNC(=O)Nc1ccc(C(=O)NC)cc1. The fraction of sp³-hybridized carbons (Fsp3) is 0.357. The summed E-state index contributed by atoms with van der Waals surface area (Å²) in [5.74, 6) is -0.430. The van der Waals surface area contributed by atoms with Crippen molar-refractivity contribution < 1.29 is 14.4 Å². The number of carbonyl (C=O) groups is 3. The van der Waals surface area contributed by atoms with Crippen LogP contribution in [0.3, 0.4) is 0 Å². The summed E-state index contributed by atoms with van der Waals surface area (Å²) in [4.78, 5) is 34.3. The van der Waals surface area contributed by atoms with Crippen LogP contribution in [-0.2, 0) is 4.79 Å². The fourth-order valence-electron chi connectivity index (χ4n) is 1.51. The van der Waals surface area contributed by atoms with E-state index in [9.17, 15) is 14.4 Å². The predicted octanol–water partition coefficient (Wildman–Crippen LogP) is 0.694. The zero-order chi connectivity index (χ0) is 15.7. The van der Waals surface area contributed by atoms with Gasteiger partial charge in [0.25, 0.3) is 5.91 Å². The predicted molar refractivity (Wildman–Crippen MR) is 80.2 cm³/mol. The van der Waals surface area contributed by atoms with Gasteiger partial charge in [-0.25, -0.2) is 4.79 Å². The molecule has 0 fully saturated rings. The molecular weight excluding hydrogens is 272 g/mol. The van der Waals surface area contributed by atoms with Gasteiger partial charge >= 0.3 is 6.03 Å². The molecule has 0 aromatic heterocycles. The molecule has 0 saturated carbocycles. The molecule has 0 saturated heterocycles. The van der Waals surface area contributed by atoms with Crippen LogP contribution in [0.4, 0.5) is 10.5 Å². The van der Waals surface area contributed by atoms with Crippen molar-refractivity contribution in [1.82, 2.24) is 16.0 Å². The Balaban J connectivity index is 2.41. The molecule has 0 atom stereocenters. The first-order chi connectivity index (χ1) is 10.1. The van der Waals surface area contributed by atoms with E-state index >= 15 is 0 Å². The number of carbonyl (C=O) groups excluding carboxylic acids is 3. The number of rotatable bonds is 6. The van der Waals surface area contributed by atoms with Crippen LogP contribution in [0.1, 0.15) is 23.7 Å². The van der Waals surface area contributed by atoms with Gasteiger partial charge in [-0.05, 0) is 30.7 Å². The number of hydrogen-bond donors (Lipinski definition) is 4. The first-order valence-electron chi connectivity index (χ1n) is 6.70. The Bertz CT molecular complexity index is 499. The zero-order valence-electron chi connectivity index (χ0n) is 12.2. The van der Waals surface area contributed by atoms with Gasteiger partial charge < -0.3 is 21.3 Å². The van der Waals surface area contributed by atoms with Crippen molar-refractivity contribution in [3.8, 4) is 0 Å². The van der Waals surface area contributed by atoms with Gasteiger partial charge in [-0.15, -0.1) is 0 Å². The van der Waals surface area contributed by atoms with Crippen LogP contribution in [-0.4, -0.2) is 38.0 Å². The molecule has 0 bridgehead atoms. The second kappa shape index (κ2) is 8.57. The third-order valence-electron chi connectivity index (χ3n) is 2.61. The lowest BCUT2D eigenvalue weighted by atomic mass is 10.2. The van der Waals surface area contributed by atoms with Crippen LogP contribution in [0.2, 0.25) is 0 Å². The zero-order valence-corrected chi connectivity index (χ0v) is 12.2. The monoisotopic (exact) mass is 292 g/mol. The maximum absolute atomic E-state index is 11.6. The lowest BCUT2D eigenvalue weighted by Gasteiger charge is -2.08. The highest BCUT2D eigenvalue weighted by molar-refractivity contribution is 5.95. The molecule has 7 heteroatoms. The molecule has 0 aliphatic heterocycles. The average molecular weight is 292 g/mol. The summed E-state index contributed by atoms with van der Waals surface area (Å²) in [6, 6.07) is 5.95. The van der Waals surface area contributed by atoms with Gasteiger partial charge in [0.15, 0.2) is 0 Å². The smallest absolute Gasteiger partial charge is 0.319 e. The minimum absolute atomic E-state index is 0.0812. The molecule has 4 amide bonds. The van der Waals surface area contributed by atoms with Gasteiger partial charge in [0.05, 0.1) is 6.54 Å². The molecule has 1 rings (SSSR count). The normalized spacial score (nSPS) is 9.62. The summed E-state index contributed by atoms with van der Waals surface area (Å²) >= 11 is 0. The Morgan fingerprint density at radius 3 is 2.29 bits per heavy atom. The Labute approximate surface area is 123 Å². The highest BCUT2D eigenvalue weighted by Gasteiger charge is 2.06. The maximum atomic E-state index is 11.6. The standard InChI is InChI=1S/C14H20N4O3/c1-3-8-16-12(19)9-17-14(21)18-11-6-4-10(5-7-11)13(20)15-2/h4-7H,3,8-9H2,1-2H3,(H,15,20)(H,16,19)(H2,17,18,21). The van der Waals surface area contributed by atoms with Crippen molar-refractivity contribution in [1.29, 1.82) is 0 Å². The summed E-state index contributed by atoms with van der Waals surface area (Å²) in [5, 5.41) is 10.2. The van der Waals surface area contributed by atoms with E-state index in [2.05, 4.69) is 21.3 Å². The number of hydrogen-bond acceptors (Lipinski definition) is 3. The molecule has 1 aromatic carbocycles. The lowest BCUT2D eigenvalue weighted by Crippen LogP contribution is -2.39. The Hall–Kier alpha value is -2.57. The highest BCUT2D eigenvalue weighted by Crippen LogP contribution is 2.09. The summed E-state index contributed by atoms with van der Waals surface area (Å²) in [6.07, 6.45) is 0.843. The van der Waals surface area contributed by atoms with E-state index in [4.69, 9.17) is 0 Å². The first kappa shape index (κ1) is 16.5. The molecule has 0 aliphatic carbocycles. The molecule has 0 unspecified atom stereocenters. The van der Waals surface area contributed by atoms with Gasteiger partial charge in [0, 0.05) is 24.8 Å². The van der Waals surface area contributed by atoms with Crippen molar-refractivity contribution in [2.75, 3.05) is 25.5 Å². The number of nitrogens with one attached hydrogen (secondary N) is 4. The molecule has 4 N–H and O–H groups in total. The summed E-state index contributed by atoms with van der Waals surface area (Å²) in [6.45, 7) is 2.45. The molecule has 7 nitrogen and oxygen atoms in total. The Morgan fingerprint density at radius 2 is 1.71 bits per heavy atom. The van der Waals surface area contributed by atoms with E-state index in [0.29, 0.717) is 17.8 Å². The van der Waals surface area contributed by atoms with Crippen LogP contribution in [0.5, 0.6) is 0 Å². The third kappa shape index (κ3) is 5.94. The largest absolute Gasteiger partial charge is 0.355 e. The first-order valence-corrected chi connectivity index (χ1v) is 6.70. The maximum Gasteiger partial charge on any atom is 0.319 e. The van der Waals surface area contributed by atoms with Crippen molar-refractivity contribution in [3.05, 3.63) is 29.8 Å². The summed E-state index contributed by atoms with van der Waals surface area (Å²) in [5.41, 5.74) is 1.04. The molecular formula is C14H20N4O3. The third-order valence-corrected chi connectivity index (χ3v) is 2.61. The fourth-order valence-corrected chi connectivity index (χ4v) is 1.51. The van der Waals surface area contributed by atoms with E-state index in [1.807, 2.05) is 6.92 Å². The van der Waals surface area contributed by atoms with Gasteiger partial charge in [-0.2, -0.15) is 0 Å². The van der Waals surface area contributed by atoms with Crippen LogP contribution < -0.4 is 21.3 Å². The number of urea groups is 1. The van der Waals surface area contributed by atoms with Crippen molar-refractivity contribution >= 4 is 23.5 Å². The second-order valence-corrected chi connectivity index (χ2v) is 4.31. The molecule has 114 valence electrons. The second-order valence-electron chi connectivity index (χ2n) is 4.31. The van der Waals surface area contributed by atoms with E-state index in [1.54, 1.807) is 31.3 Å². The van der Waals surface area contributed by atoms with Crippen molar-refractivity contribution in [2.45, 2.75) is 13.3 Å². The van der Waals surface area contributed by atoms with Gasteiger partial charge in [0.1, 0.15) is 0 Å². The Morgan fingerprint density at radius 1 is 1.05 bits per heavy atom. The van der Waals surface area contributed by atoms with Crippen LogP contribution in [0, 0.1) is 0 Å². The molecule has 0 heterocycles. The Kier molecular flexibility index (Phi) is 6.73. The quantitative estimate of drug-likeness (QED) is 0.621. The van der Waals surface area contributed by atoms with E-state index in [0.717, 1.165) is 6.42 Å². The van der Waals surface area contributed by atoms with Crippen LogP contribution in [0.15, 0.2) is 24.3 Å². The number of anilines is 1. The number of amides is 4.